The molecule has 12 heavy (non-hydrogen) atoms. The average molecular weight is 169 g/mol. The molecule has 1 aliphatic rings. The second-order valence-electron chi connectivity index (χ2n) is 2.88. The lowest BCUT2D eigenvalue weighted by Crippen LogP contribution is -2.36. The van der Waals surface area contributed by atoms with Crippen LogP contribution in [-0.2, 0) is 0 Å². The zero-order valence-corrected chi connectivity index (χ0v) is 7.11. The smallest absolute Gasteiger partial charge is 0.191 e. The lowest BCUT2D eigenvalue weighted by Gasteiger charge is -2.15. The minimum atomic E-state index is -0.248. The first-order chi connectivity index (χ1) is 5.74. The molecule has 1 fully saturated rings. The van der Waals surface area contributed by atoms with Crippen LogP contribution in [0.3, 0.4) is 0 Å². The highest BCUT2D eigenvalue weighted by molar-refractivity contribution is 5.78. The predicted molar refractivity (Wildman–Crippen MR) is 48.9 cm³/mol. The van der Waals surface area contributed by atoms with Gasteiger partial charge < -0.3 is 15.7 Å². The minimum absolute atomic E-state index is 0.248. The number of hydrogen-bond donors (Lipinski definition) is 2. The Morgan fingerprint density at radius 2 is 2.58 bits per heavy atom. The number of nitrogens with two attached hydrogens (primary N) is 1. The van der Waals surface area contributed by atoms with E-state index in [1.807, 2.05) is 4.90 Å². The Hall–Kier alpha value is -1.03. The third kappa shape index (κ3) is 2.23. The van der Waals surface area contributed by atoms with Gasteiger partial charge >= 0.3 is 0 Å². The Balaban J connectivity index is 2.41. The molecule has 0 amide bonds. The second-order valence-corrected chi connectivity index (χ2v) is 2.88. The summed E-state index contributed by atoms with van der Waals surface area (Å²) in [5.74, 6) is 0.506. The van der Waals surface area contributed by atoms with E-state index in [-0.39, 0.29) is 6.10 Å². The largest absolute Gasteiger partial charge is 0.391 e. The Bertz CT molecular complexity index is 191. The molecule has 0 saturated carbocycles. The Labute approximate surface area is 72.4 Å². The Morgan fingerprint density at radius 1 is 1.83 bits per heavy atom. The molecule has 0 radical (unpaired) electrons. The van der Waals surface area contributed by atoms with Crippen LogP contribution in [0.5, 0.6) is 0 Å². The van der Waals surface area contributed by atoms with Crippen LogP contribution in [0.25, 0.3) is 0 Å². The summed E-state index contributed by atoms with van der Waals surface area (Å²) < 4.78 is 0. The monoisotopic (exact) mass is 169 g/mol. The number of rotatable bonds is 2. The number of aliphatic hydroxyl groups excluding tert-OH is 1. The van der Waals surface area contributed by atoms with Gasteiger partial charge in [-0.3, -0.25) is 0 Å². The lowest BCUT2D eigenvalue weighted by atomic mass is 10.3. The third-order valence-corrected chi connectivity index (χ3v) is 1.87. The third-order valence-electron chi connectivity index (χ3n) is 1.87. The molecule has 1 unspecified atom stereocenters. The molecule has 1 atom stereocenters. The quantitative estimate of drug-likeness (QED) is 0.334. The molecule has 1 rings (SSSR count). The molecule has 4 nitrogen and oxygen atoms in total. The van der Waals surface area contributed by atoms with Crippen molar-refractivity contribution >= 4 is 5.96 Å². The molecule has 4 heteroatoms. The Kier molecular flexibility index (Phi) is 3.10. The van der Waals surface area contributed by atoms with E-state index in [4.69, 9.17) is 5.73 Å². The normalized spacial score (nSPS) is 24.6. The number of guanidine groups is 1. The maximum atomic E-state index is 9.20. The van der Waals surface area contributed by atoms with E-state index in [0.717, 1.165) is 13.0 Å². The van der Waals surface area contributed by atoms with Crippen molar-refractivity contribution in [3.05, 3.63) is 12.7 Å². The molecule has 3 N–H and O–H groups in total. The summed E-state index contributed by atoms with van der Waals surface area (Å²) in [6, 6.07) is 0. The number of aliphatic imine (C=N–C) groups is 1. The second kappa shape index (κ2) is 4.11. The zero-order valence-electron chi connectivity index (χ0n) is 7.11. The van der Waals surface area contributed by atoms with Gasteiger partial charge in [-0.15, -0.1) is 6.58 Å². The van der Waals surface area contributed by atoms with Crippen molar-refractivity contribution in [2.75, 3.05) is 19.6 Å². The molecule has 0 aromatic rings. The van der Waals surface area contributed by atoms with Crippen LogP contribution in [0.15, 0.2) is 17.6 Å². The van der Waals surface area contributed by atoms with Crippen molar-refractivity contribution in [3.63, 3.8) is 0 Å². The molecular formula is C8H15N3O. The van der Waals surface area contributed by atoms with Crippen molar-refractivity contribution in [1.29, 1.82) is 0 Å². The first-order valence-corrected chi connectivity index (χ1v) is 4.08. The van der Waals surface area contributed by atoms with Gasteiger partial charge in [0.2, 0.25) is 0 Å². The number of nitrogens with zero attached hydrogens (tertiary/aromatic N) is 2. The molecule has 68 valence electrons. The molecule has 0 bridgehead atoms. The molecule has 1 heterocycles. The molecule has 0 spiro atoms. The maximum absolute atomic E-state index is 9.20. The van der Waals surface area contributed by atoms with Crippen LogP contribution in [0.2, 0.25) is 0 Å². The summed E-state index contributed by atoms with van der Waals surface area (Å²) in [4.78, 5) is 5.93. The molecule has 1 saturated heterocycles. The fourth-order valence-corrected chi connectivity index (χ4v) is 1.21. The van der Waals surface area contributed by atoms with Crippen LogP contribution in [0.1, 0.15) is 6.42 Å². The highest BCUT2D eigenvalue weighted by Gasteiger charge is 2.20. The molecule has 0 aromatic heterocycles. The summed E-state index contributed by atoms with van der Waals surface area (Å²) in [7, 11) is 0. The van der Waals surface area contributed by atoms with Gasteiger partial charge in [-0.1, -0.05) is 6.08 Å². The van der Waals surface area contributed by atoms with Gasteiger partial charge in [0.25, 0.3) is 0 Å². The first-order valence-electron chi connectivity index (χ1n) is 4.08. The van der Waals surface area contributed by atoms with E-state index < -0.39 is 0 Å². The molecule has 1 aliphatic heterocycles. The fraction of sp³-hybridized carbons (Fsp3) is 0.625. The van der Waals surface area contributed by atoms with Gasteiger partial charge in [-0.05, 0) is 6.42 Å². The van der Waals surface area contributed by atoms with Crippen molar-refractivity contribution in [3.8, 4) is 0 Å². The average Bonchev–Trinajstić information content (AvgIpc) is 2.47. The van der Waals surface area contributed by atoms with Crippen molar-refractivity contribution < 1.29 is 5.11 Å². The highest BCUT2D eigenvalue weighted by atomic mass is 16.3. The van der Waals surface area contributed by atoms with Crippen LogP contribution in [-0.4, -0.2) is 41.7 Å². The molecular weight excluding hydrogens is 154 g/mol. The maximum Gasteiger partial charge on any atom is 0.191 e. The standard InChI is InChI=1S/C8H15N3O/c1-2-4-10-8(9)11-5-3-7(12)6-11/h2,7,12H,1,3-6H2,(H2,9,10). The van der Waals surface area contributed by atoms with Crippen molar-refractivity contribution in [2.45, 2.75) is 12.5 Å². The number of β-amino-alcohol motifs (C(OH)–C–C–N with tert-alkyl or cyclic N) is 1. The van der Waals surface area contributed by atoms with Gasteiger partial charge in [0.15, 0.2) is 5.96 Å². The van der Waals surface area contributed by atoms with Crippen LogP contribution in [0.4, 0.5) is 0 Å². The van der Waals surface area contributed by atoms with Gasteiger partial charge in [-0.2, -0.15) is 0 Å². The van der Waals surface area contributed by atoms with Gasteiger partial charge in [0.05, 0.1) is 12.6 Å². The fourth-order valence-electron chi connectivity index (χ4n) is 1.21. The van der Waals surface area contributed by atoms with Crippen molar-refractivity contribution in [1.82, 2.24) is 4.90 Å². The van der Waals surface area contributed by atoms with E-state index in [1.165, 1.54) is 0 Å². The predicted octanol–water partition coefficient (Wildman–Crippen LogP) is -0.446. The van der Waals surface area contributed by atoms with Gasteiger partial charge in [-0.25, -0.2) is 4.99 Å². The van der Waals surface area contributed by atoms with Gasteiger partial charge in [0, 0.05) is 13.1 Å². The van der Waals surface area contributed by atoms with Crippen LogP contribution < -0.4 is 5.73 Å². The topological polar surface area (TPSA) is 61.8 Å². The van der Waals surface area contributed by atoms with Crippen LogP contribution in [0, 0.1) is 0 Å². The Morgan fingerprint density at radius 3 is 3.08 bits per heavy atom. The van der Waals surface area contributed by atoms with E-state index in [0.29, 0.717) is 19.0 Å². The summed E-state index contributed by atoms with van der Waals surface area (Å²) in [5, 5.41) is 9.20. The number of aliphatic hydroxyl groups is 1. The zero-order chi connectivity index (χ0) is 8.97. The van der Waals surface area contributed by atoms with Gasteiger partial charge in [0.1, 0.15) is 0 Å². The van der Waals surface area contributed by atoms with E-state index in [2.05, 4.69) is 11.6 Å². The van der Waals surface area contributed by atoms with Crippen molar-refractivity contribution in [2.24, 2.45) is 10.7 Å². The van der Waals surface area contributed by atoms with E-state index in [9.17, 15) is 5.11 Å². The highest BCUT2D eigenvalue weighted by Crippen LogP contribution is 2.07. The van der Waals surface area contributed by atoms with E-state index in [1.54, 1.807) is 6.08 Å². The summed E-state index contributed by atoms with van der Waals surface area (Å²) in [5.41, 5.74) is 5.64. The molecule has 0 aliphatic carbocycles. The lowest BCUT2D eigenvalue weighted by molar-refractivity contribution is 0.188. The first kappa shape index (κ1) is 9.06. The van der Waals surface area contributed by atoms with Crippen LogP contribution >= 0.6 is 0 Å². The van der Waals surface area contributed by atoms with E-state index >= 15 is 0 Å². The minimum Gasteiger partial charge on any atom is -0.391 e. The number of likely N-dealkylation sites (tertiary alicyclic amines) is 1. The SMILES string of the molecule is C=CCN=C(N)N1CCC(O)C1. The molecule has 0 aromatic carbocycles. The summed E-state index contributed by atoms with van der Waals surface area (Å²) in [6.07, 6.45) is 2.23. The summed E-state index contributed by atoms with van der Waals surface area (Å²) in [6.45, 7) is 5.49. The number of hydrogen-bond acceptors (Lipinski definition) is 2. The summed E-state index contributed by atoms with van der Waals surface area (Å²) >= 11 is 0.